The van der Waals surface area contributed by atoms with Crippen molar-refractivity contribution in [1.29, 1.82) is 0 Å². The van der Waals surface area contributed by atoms with E-state index >= 15 is 0 Å². The second kappa shape index (κ2) is 10.6. The maximum atomic E-state index is 12.4. The first kappa shape index (κ1) is 23.0. The molecule has 1 aromatic carbocycles. The van der Waals surface area contributed by atoms with Gasteiger partial charge < -0.3 is 9.64 Å². The molecule has 11 nitrogen and oxygen atoms in total. The Morgan fingerprint density at radius 2 is 1.94 bits per heavy atom. The van der Waals surface area contributed by atoms with E-state index in [2.05, 4.69) is 36.4 Å². The number of amides is 2. The highest BCUT2D eigenvalue weighted by Crippen LogP contribution is 2.27. The number of hydrogen-bond acceptors (Lipinski definition) is 8. The Balaban J connectivity index is 1.14. The molecule has 0 unspecified atom stereocenters. The number of carbonyl (C=O) groups is 2. The summed E-state index contributed by atoms with van der Waals surface area (Å²) in [4.78, 5) is 26.5. The van der Waals surface area contributed by atoms with E-state index in [4.69, 9.17) is 27.9 Å². The van der Waals surface area contributed by atoms with Crippen LogP contribution in [0.5, 0.6) is 5.75 Å². The summed E-state index contributed by atoms with van der Waals surface area (Å²) in [5.74, 6) is 0.591. The molecule has 0 bridgehead atoms. The first-order chi connectivity index (χ1) is 16.0. The van der Waals surface area contributed by atoms with Crippen LogP contribution in [0.4, 0.5) is 5.82 Å². The first-order valence-electron chi connectivity index (χ1n) is 10.5. The highest BCUT2D eigenvalue weighted by molar-refractivity contribution is 6.35. The zero-order chi connectivity index (χ0) is 23.2. The smallest absolute Gasteiger partial charge is 0.241 e. The number of halogens is 2. The Morgan fingerprint density at radius 1 is 1.12 bits per heavy atom. The van der Waals surface area contributed by atoms with Crippen molar-refractivity contribution < 1.29 is 14.3 Å². The van der Waals surface area contributed by atoms with Gasteiger partial charge in [-0.25, -0.2) is 0 Å². The molecule has 0 atom stereocenters. The molecule has 33 heavy (non-hydrogen) atoms. The number of piperidine rings is 1. The standard InChI is InChI=1S/C20H22Cl2N8O3/c21-14-3-4-16(15(22)12-14)33-11-1-2-19(31)24-25-20(32)13-7-9-29(10-8-13)18-6-5-17-23-27-28-30(17)26-18/h3-6,12-13H,1-2,7-11H2,(H,24,31)(H,25,32). The minimum Gasteiger partial charge on any atom is -0.492 e. The quantitative estimate of drug-likeness (QED) is 0.378. The fourth-order valence-electron chi connectivity index (χ4n) is 3.48. The molecule has 3 heterocycles. The monoisotopic (exact) mass is 492 g/mol. The van der Waals surface area contributed by atoms with Crippen LogP contribution in [0.25, 0.3) is 5.65 Å². The Hall–Kier alpha value is -3.18. The van der Waals surface area contributed by atoms with E-state index in [1.165, 1.54) is 4.63 Å². The number of tetrazole rings is 1. The normalized spacial score (nSPS) is 14.3. The molecule has 2 amide bonds. The van der Waals surface area contributed by atoms with Gasteiger partial charge in [-0.3, -0.25) is 20.4 Å². The zero-order valence-corrected chi connectivity index (χ0v) is 19.1. The van der Waals surface area contributed by atoms with Gasteiger partial charge >= 0.3 is 0 Å². The number of aromatic nitrogens is 5. The summed E-state index contributed by atoms with van der Waals surface area (Å²) in [7, 11) is 0. The van der Waals surface area contributed by atoms with E-state index in [1.54, 1.807) is 24.3 Å². The third-order valence-corrected chi connectivity index (χ3v) is 5.80. The Labute approximate surface area is 199 Å². The fourth-order valence-corrected chi connectivity index (χ4v) is 3.95. The largest absolute Gasteiger partial charge is 0.492 e. The number of rotatable bonds is 7. The zero-order valence-electron chi connectivity index (χ0n) is 17.6. The lowest BCUT2D eigenvalue weighted by Crippen LogP contribution is -2.47. The molecular formula is C20H22Cl2N8O3. The number of nitrogens with one attached hydrogen (secondary N) is 2. The summed E-state index contributed by atoms with van der Waals surface area (Å²) in [6.07, 6.45) is 1.96. The molecule has 174 valence electrons. The average molecular weight is 493 g/mol. The van der Waals surface area contributed by atoms with Crippen molar-refractivity contribution in [2.45, 2.75) is 25.7 Å². The van der Waals surface area contributed by atoms with E-state index in [9.17, 15) is 9.59 Å². The van der Waals surface area contributed by atoms with Gasteiger partial charge in [-0.2, -0.15) is 0 Å². The van der Waals surface area contributed by atoms with E-state index < -0.39 is 0 Å². The molecule has 3 aromatic rings. The van der Waals surface area contributed by atoms with Crippen LogP contribution in [-0.2, 0) is 9.59 Å². The third-order valence-electron chi connectivity index (χ3n) is 5.27. The van der Waals surface area contributed by atoms with Crippen LogP contribution in [-0.4, -0.2) is 56.8 Å². The Morgan fingerprint density at radius 3 is 2.73 bits per heavy atom. The number of ether oxygens (including phenoxy) is 1. The predicted molar refractivity (Wildman–Crippen MR) is 121 cm³/mol. The third kappa shape index (κ3) is 5.99. The summed E-state index contributed by atoms with van der Waals surface area (Å²) in [6.45, 7) is 1.64. The van der Waals surface area contributed by atoms with Gasteiger partial charge in [-0.1, -0.05) is 23.2 Å². The fraction of sp³-hybridized carbons (Fsp3) is 0.400. The van der Waals surface area contributed by atoms with Crippen molar-refractivity contribution >= 4 is 46.5 Å². The number of nitrogens with zero attached hydrogens (tertiary/aromatic N) is 6. The number of fused-ring (bicyclic) bond motifs is 1. The highest BCUT2D eigenvalue weighted by Gasteiger charge is 2.26. The molecule has 2 aromatic heterocycles. The summed E-state index contributed by atoms with van der Waals surface area (Å²) < 4.78 is 6.92. The molecular weight excluding hydrogens is 471 g/mol. The van der Waals surface area contributed by atoms with Crippen LogP contribution in [0.2, 0.25) is 10.0 Å². The molecule has 0 spiro atoms. The number of carbonyl (C=O) groups excluding carboxylic acids is 2. The molecule has 1 saturated heterocycles. The molecule has 0 radical (unpaired) electrons. The molecule has 1 fully saturated rings. The summed E-state index contributed by atoms with van der Waals surface area (Å²) in [6, 6.07) is 8.60. The second-order valence-electron chi connectivity index (χ2n) is 7.54. The van der Waals surface area contributed by atoms with Crippen molar-refractivity contribution in [3.8, 4) is 5.75 Å². The topological polar surface area (TPSA) is 127 Å². The molecule has 4 rings (SSSR count). The predicted octanol–water partition coefficient (Wildman–Crippen LogP) is 2.05. The van der Waals surface area contributed by atoms with Crippen molar-refractivity contribution in [1.82, 2.24) is 36.1 Å². The van der Waals surface area contributed by atoms with Gasteiger partial charge in [-0.05, 0) is 60.0 Å². The molecule has 1 aliphatic heterocycles. The lowest BCUT2D eigenvalue weighted by Gasteiger charge is -2.31. The maximum Gasteiger partial charge on any atom is 0.241 e. The van der Waals surface area contributed by atoms with Crippen molar-refractivity contribution in [2.75, 3.05) is 24.6 Å². The number of benzene rings is 1. The van der Waals surface area contributed by atoms with Gasteiger partial charge in [0.15, 0.2) is 11.5 Å². The number of hydrogen-bond donors (Lipinski definition) is 2. The summed E-state index contributed by atoms with van der Waals surface area (Å²) >= 11 is 11.9. The van der Waals surface area contributed by atoms with E-state index in [1.807, 2.05) is 6.07 Å². The lowest BCUT2D eigenvalue weighted by atomic mass is 9.96. The van der Waals surface area contributed by atoms with Crippen LogP contribution in [0, 0.1) is 5.92 Å². The second-order valence-corrected chi connectivity index (χ2v) is 8.39. The number of anilines is 1. The SMILES string of the molecule is O=C(CCCOc1ccc(Cl)cc1Cl)NNC(=O)C1CCN(c2ccc3nnnn3n2)CC1. The molecule has 2 N–H and O–H groups in total. The van der Waals surface area contributed by atoms with E-state index in [-0.39, 0.29) is 24.2 Å². The van der Waals surface area contributed by atoms with Crippen LogP contribution in [0.3, 0.4) is 0 Å². The minimum atomic E-state index is -0.287. The van der Waals surface area contributed by atoms with Gasteiger partial charge in [-0.15, -0.1) is 14.8 Å². The van der Waals surface area contributed by atoms with E-state index in [0.29, 0.717) is 60.4 Å². The van der Waals surface area contributed by atoms with Crippen LogP contribution in [0.1, 0.15) is 25.7 Å². The molecule has 1 aliphatic rings. The van der Waals surface area contributed by atoms with Crippen LogP contribution >= 0.6 is 23.2 Å². The van der Waals surface area contributed by atoms with Gasteiger partial charge in [0.1, 0.15) is 5.75 Å². The van der Waals surface area contributed by atoms with Crippen molar-refractivity contribution in [2.24, 2.45) is 5.92 Å². The van der Waals surface area contributed by atoms with Crippen molar-refractivity contribution in [3.63, 3.8) is 0 Å². The maximum absolute atomic E-state index is 12.4. The minimum absolute atomic E-state index is 0.186. The van der Waals surface area contributed by atoms with Crippen molar-refractivity contribution in [3.05, 3.63) is 40.4 Å². The molecule has 0 saturated carbocycles. The highest BCUT2D eigenvalue weighted by atomic mass is 35.5. The van der Waals surface area contributed by atoms with Gasteiger partial charge in [0.2, 0.25) is 11.8 Å². The molecule has 13 heteroatoms. The van der Waals surface area contributed by atoms with Crippen LogP contribution < -0.4 is 20.5 Å². The average Bonchev–Trinajstić information content (AvgIpc) is 3.29. The van der Waals surface area contributed by atoms with Gasteiger partial charge in [0, 0.05) is 30.5 Å². The van der Waals surface area contributed by atoms with Gasteiger partial charge in [0.25, 0.3) is 0 Å². The van der Waals surface area contributed by atoms with E-state index in [0.717, 1.165) is 5.82 Å². The van der Waals surface area contributed by atoms with Crippen LogP contribution in [0.15, 0.2) is 30.3 Å². The first-order valence-corrected chi connectivity index (χ1v) is 11.2. The summed E-state index contributed by atoms with van der Waals surface area (Å²) in [5, 5.41) is 16.5. The number of hydrazine groups is 1. The lowest BCUT2D eigenvalue weighted by molar-refractivity contribution is -0.131. The molecule has 0 aliphatic carbocycles. The van der Waals surface area contributed by atoms with Gasteiger partial charge in [0.05, 0.1) is 11.6 Å². The summed E-state index contributed by atoms with van der Waals surface area (Å²) in [5.41, 5.74) is 5.56. The Kier molecular flexibility index (Phi) is 7.40. The Bertz CT molecular complexity index is 1130.